The fraction of sp³-hybridized carbons (Fsp3) is 0.462. The maximum absolute atomic E-state index is 12.5. The van der Waals surface area contributed by atoms with Crippen molar-refractivity contribution >= 4 is 5.97 Å². The summed E-state index contributed by atoms with van der Waals surface area (Å²) in [6.45, 7) is 3.62. The molecule has 0 bridgehead atoms. The van der Waals surface area contributed by atoms with E-state index in [1.165, 1.54) is 12.1 Å². The highest BCUT2D eigenvalue weighted by Gasteiger charge is 2.31. The Labute approximate surface area is 109 Å². The van der Waals surface area contributed by atoms with Gasteiger partial charge in [0.1, 0.15) is 5.75 Å². The summed E-state index contributed by atoms with van der Waals surface area (Å²) < 4.78 is 42.6. The second kappa shape index (κ2) is 5.95. The van der Waals surface area contributed by atoms with E-state index in [1.54, 1.807) is 0 Å². The minimum atomic E-state index is -4.48. The van der Waals surface area contributed by atoms with E-state index in [2.05, 4.69) is 0 Å². The van der Waals surface area contributed by atoms with Crippen LogP contribution < -0.4 is 4.74 Å². The molecular formula is C13H15F3O3. The Morgan fingerprint density at radius 1 is 1.37 bits per heavy atom. The summed E-state index contributed by atoms with van der Waals surface area (Å²) in [6, 6.07) is 4.21. The van der Waals surface area contributed by atoms with E-state index >= 15 is 0 Å². The molecular weight excluding hydrogens is 261 g/mol. The molecule has 1 atom stereocenters. The highest BCUT2D eigenvalue weighted by atomic mass is 19.4. The van der Waals surface area contributed by atoms with E-state index in [1.807, 2.05) is 13.8 Å². The molecule has 0 saturated carbocycles. The average molecular weight is 276 g/mol. The zero-order chi connectivity index (χ0) is 14.6. The Balaban J connectivity index is 2.88. The largest absolute Gasteiger partial charge is 0.479 e. The van der Waals surface area contributed by atoms with Crippen LogP contribution in [0.15, 0.2) is 24.3 Å². The molecule has 6 heteroatoms. The van der Waals surface area contributed by atoms with Gasteiger partial charge in [0.2, 0.25) is 0 Å². The Morgan fingerprint density at radius 3 is 2.47 bits per heavy atom. The third-order valence-electron chi connectivity index (χ3n) is 2.40. The van der Waals surface area contributed by atoms with Crippen molar-refractivity contribution < 1.29 is 27.8 Å². The van der Waals surface area contributed by atoms with Crippen LogP contribution in [0.5, 0.6) is 5.75 Å². The lowest BCUT2D eigenvalue weighted by Gasteiger charge is -2.17. The molecule has 1 N–H and O–H groups in total. The van der Waals surface area contributed by atoms with Crippen LogP contribution in [-0.4, -0.2) is 17.2 Å². The highest BCUT2D eigenvalue weighted by molar-refractivity contribution is 5.72. The molecule has 0 aliphatic heterocycles. The quantitative estimate of drug-likeness (QED) is 0.894. The topological polar surface area (TPSA) is 46.5 Å². The minimum absolute atomic E-state index is 0.0619. The predicted octanol–water partition coefficient (Wildman–Crippen LogP) is 3.58. The number of hydrogen-bond acceptors (Lipinski definition) is 2. The lowest BCUT2D eigenvalue weighted by Crippen LogP contribution is -2.28. The van der Waals surface area contributed by atoms with Gasteiger partial charge in [0.05, 0.1) is 5.56 Å². The Kier molecular flexibility index (Phi) is 4.80. The average Bonchev–Trinajstić information content (AvgIpc) is 2.26. The van der Waals surface area contributed by atoms with E-state index in [9.17, 15) is 18.0 Å². The molecule has 0 saturated heterocycles. The number of ether oxygens (including phenoxy) is 1. The maximum atomic E-state index is 12.5. The van der Waals surface area contributed by atoms with Gasteiger partial charge in [-0.1, -0.05) is 19.9 Å². The van der Waals surface area contributed by atoms with Crippen LogP contribution in [0.3, 0.4) is 0 Å². The van der Waals surface area contributed by atoms with E-state index in [-0.39, 0.29) is 18.1 Å². The van der Waals surface area contributed by atoms with Gasteiger partial charge >= 0.3 is 12.1 Å². The van der Waals surface area contributed by atoms with E-state index in [4.69, 9.17) is 9.84 Å². The van der Waals surface area contributed by atoms with Crippen LogP contribution in [0.1, 0.15) is 25.8 Å². The van der Waals surface area contributed by atoms with Crippen LogP contribution in [0.2, 0.25) is 0 Å². The molecule has 19 heavy (non-hydrogen) atoms. The Bertz CT molecular complexity index is 441. The van der Waals surface area contributed by atoms with Gasteiger partial charge in [-0.25, -0.2) is 4.79 Å². The second-order valence-electron chi connectivity index (χ2n) is 4.60. The number of alkyl halides is 3. The van der Waals surface area contributed by atoms with Gasteiger partial charge in [-0.15, -0.1) is 0 Å². The number of carboxylic acid groups (broad SMARTS) is 1. The van der Waals surface area contributed by atoms with Gasteiger partial charge < -0.3 is 9.84 Å². The molecule has 0 radical (unpaired) electrons. The molecule has 0 aliphatic rings. The van der Waals surface area contributed by atoms with Crippen molar-refractivity contribution in [3.63, 3.8) is 0 Å². The lowest BCUT2D eigenvalue weighted by molar-refractivity contribution is -0.145. The molecule has 1 unspecified atom stereocenters. The Morgan fingerprint density at radius 2 is 2.00 bits per heavy atom. The van der Waals surface area contributed by atoms with Gasteiger partial charge in [-0.3, -0.25) is 0 Å². The number of carboxylic acids is 1. The number of rotatable bonds is 5. The molecule has 1 aromatic rings. The van der Waals surface area contributed by atoms with Gasteiger partial charge in [-0.05, 0) is 30.5 Å². The Hall–Kier alpha value is -1.72. The fourth-order valence-electron chi connectivity index (χ4n) is 1.54. The molecule has 0 amide bonds. The third-order valence-corrected chi connectivity index (χ3v) is 2.40. The van der Waals surface area contributed by atoms with Gasteiger partial charge in [0, 0.05) is 0 Å². The minimum Gasteiger partial charge on any atom is -0.479 e. The first-order chi connectivity index (χ1) is 8.70. The zero-order valence-electron chi connectivity index (χ0n) is 10.6. The van der Waals surface area contributed by atoms with Crippen LogP contribution >= 0.6 is 0 Å². The summed E-state index contributed by atoms with van der Waals surface area (Å²) in [4.78, 5) is 11.0. The van der Waals surface area contributed by atoms with E-state index in [0.717, 1.165) is 12.1 Å². The summed E-state index contributed by atoms with van der Waals surface area (Å²) in [6.07, 6.45) is -5.40. The first kappa shape index (κ1) is 15.3. The molecule has 3 nitrogen and oxygen atoms in total. The standard InChI is InChI=1S/C13H15F3O3/c1-8(2)6-11(12(17)18)19-10-5-3-4-9(7-10)13(14,15)16/h3-5,7-8,11H,6H2,1-2H3,(H,17,18). The fourth-order valence-corrected chi connectivity index (χ4v) is 1.54. The normalized spacial score (nSPS) is 13.4. The SMILES string of the molecule is CC(C)CC(Oc1cccc(C(F)(F)F)c1)C(=O)O. The molecule has 0 aliphatic carbocycles. The van der Waals surface area contributed by atoms with Crippen LogP contribution in [0.25, 0.3) is 0 Å². The van der Waals surface area contributed by atoms with Crippen molar-refractivity contribution in [2.75, 3.05) is 0 Å². The number of benzene rings is 1. The maximum Gasteiger partial charge on any atom is 0.416 e. The molecule has 1 rings (SSSR count). The van der Waals surface area contributed by atoms with Crippen molar-refractivity contribution in [2.45, 2.75) is 32.5 Å². The first-order valence-electron chi connectivity index (χ1n) is 5.77. The summed E-state index contributed by atoms with van der Waals surface area (Å²) in [7, 11) is 0. The van der Waals surface area contributed by atoms with Crippen molar-refractivity contribution in [2.24, 2.45) is 5.92 Å². The van der Waals surface area contributed by atoms with Crippen LogP contribution in [0.4, 0.5) is 13.2 Å². The molecule has 106 valence electrons. The molecule has 0 fully saturated rings. The molecule has 0 spiro atoms. The second-order valence-corrected chi connectivity index (χ2v) is 4.60. The highest BCUT2D eigenvalue weighted by Crippen LogP contribution is 2.31. The lowest BCUT2D eigenvalue weighted by atomic mass is 10.1. The third kappa shape index (κ3) is 4.81. The van der Waals surface area contributed by atoms with Crippen LogP contribution in [0, 0.1) is 5.92 Å². The van der Waals surface area contributed by atoms with E-state index < -0.39 is 23.8 Å². The van der Waals surface area contributed by atoms with Crippen molar-refractivity contribution in [3.05, 3.63) is 29.8 Å². The number of aliphatic carboxylic acids is 1. The number of halogens is 3. The summed E-state index contributed by atoms with van der Waals surface area (Å²) >= 11 is 0. The summed E-state index contributed by atoms with van der Waals surface area (Å²) in [5.74, 6) is -1.22. The zero-order valence-corrected chi connectivity index (χ0v) is 10.6. The van der Waals surface area contributed by atoms with Crippen molar-refractivity contribution in [1.82, 2.24) is 0 Å². The van der Waals surface area contributed by atoms with Crippen molar-refractivity contribution in [3.8, 4) is 5.75 Å². The van der Waals surface area contributed by atoms with Gasteiger partial charge in [0.15, 0.2) is 6.10 Å². The first-order valence-corrected chi connectivity index (χ1v) is 5.77. The molecule has 0 heterocycles. The number of carbonyl (C=O) groups is 1. The summed E-state index contributed by atoms with van der Waals surface area (Å²) in [5.41, 5.74) is -0.862. The van der Waals surface area contributed by atoms with Gasteiger partial charge in [0.25, 0.3) is 0 Å². The van der Waals surface area contributed by atoms with Gasteiger partial charge in [-0.2, -0.15) is 13.2 Å². The van der Waals surface area contributed by atoms with E-state index in [0.29, 0.717) is 0 Å². The molecule has 1 aromatic carbocycles. The monoisotopic (exact) mass is 276 g/mol. The predicted molar refractivity (Wildman–Crippen MR) is 63.0 cm³/mol. The smallest absolute Gasteiger partial charge is 0.416 e. The molecule has 0 aromatic heterocycles. The van der Waals surface area contributed by atoms with Crippen LogP contribution in [-0.2, 0) is 11.0 Å². The summed E-state index contributed by atoms with van der Waals surface area (Å²) in [5, 5.41) is 8.97. The number of hydrogen-bond donors (Lipinski definition) is 1. The van der Waals surface area contributed by atoms with Crippen molar-refractivity contribution in [1.29, 1.82) is 0 Å².